The molecule has 0 bridgehead atoms. The van der Waals surface area contributed by atoms with Gasteiger partial charge in [-0.25, -0.2) is 4.79 Å². The van der Waals surface area contributed by atoms with Crippen molar-refractivity contribution in [3.8, 4) is 17.2 Å². The second-order valence-electron chi connectivity index (χ2n) is 5.65. The molecule has 0 atom stereocenters. The number of ether oxygens (including phenoxy) is 2. The predicted molar refractivity (Wildman–Crippen MR) is 100 cm³/mol. The van der Waals surface area contributed by atoms with Crippen molar-refractivity contribution in [1.82, 2.24) is 0 Å². The van der Waals surface area contributed by atoms with Crippen LogP contribution in [0.2, 0.25) is 0 Å². The van der Waals surface area contributed by atoms with Gasteiger partial charge in [0.2, 0.25) is 0 Å². The molecule has 6 heteroatoms. The molecule has 0 fully saturated rings. The monoisotopic (exact) mass is 355 g/mol. The van der Waals surface area contributed by atoms with Gasteiger partial charge in [0, 0.05) is 35.8 Å². The van der Waals surface area contributed by atoms with Gasteiger partial charge >= 0.3 is 5.63 Å². The first-order valence-corrected chi connectivity index (χ1v) is 8.50. The van der Waals surface area contributed by atoms with E-state index >= 15 is 0 Å². The average molecular weight is 355 g/mol. The molecule has 1 aromatic heterocycles. The highest BCUT2D eigenvalue weighted by molar-refractivity contribution is 5.81. The lowest BCUT2D eigenvalue weighted by Crippen LogP contribution is -2.06. The number of phenols is 1. The van der Waals surface area contributed by atoms with E-state index in [4.69, 9.17) is 13.9 Å². The summed E-state index contributed by atoms with van der Waals surface area (Å²) in [5, 5.41) is 13.6. The first kappa shape index (κ1) is 17.7. The summed E-state index contributed by atoms with van der Waals surface area (Å²) >= 11 is 0. The number of hydrogen-bond acceptors (Lipinski definition) is 6. The van der Waals surface area contributed by atoms with E-state index in [1.165, 1.54) is 12.1 Å². The van der Waals surface area contributed by atoms with E-state index in [0.29, 0.717) is 36.8 Å². The number of phenolic OH excluding ortho intramolecular Hbond substituents is 1. The van der Waals surface area contributed by atoms with Crippen LogP contribution < -0.4 is 20.4 Å². The summed E-state index contributed by atoms with van der Waals surface area (Å²) in [5.74, 6) is 1.42. The standard InChI is InChI=1S/C20H21NO5/c1-3-24-17-8-5-14(10-19(17)25-4-2)21-12-13-9-20(23)26-18-11-15(22)6-7-16(13)18/h5-11,21-22H,3-4,12H2,1-2H3. The predicted octanol–water partition coefficient (Wildman–Crippen LogP) is 3.91. The number of hydrogen-bond donors (Lipinski definition) is 2. The molecule has 0 radical (unpaired) electrons. The minimum Gasteiger partial charge on any atom is -0.508 e. The Morgan fingerprint density at radius 1 is 1.00 bits per heavy atom. The smallest absolute Gasteiger partial charge is 0.336 e. The molecule has 1 heterocycles. The van der Waals surface area contributed by atoms with E-state index in [9.17, 15) is 9.90 Å². The third-order valence-corrected chi connectivity index (χ3v) is 3.84. The Morgan fingerprint density at radius 3 is 2.54 bits per heavy atom. The Hall–Kier alpha value is -3.15. The molecule has 0 aliphatic heterocycles. The number of anilines is 1. The quantitative estimate of drug-likeness (QED) is 0.626. The lowest BCUT2D eigenvalue weighted by molar-refractivity contribution is 0.288. The second kappa shape index (κ2) is 7.82. The number of fused-ring (bicyclic) bond motifs is 1. The van der Waals surface area contributed by atoms with E-state index in [-0.39, 0.29) is 5.75 Å². The second-order valence-corrected chi connectivity index (χ2v) is 5.65. The zero-order valence-corrected chi connectivity index (χ0v) is 14.7. The number of benzene rings is 2. The minimum atomic E-state index is -0.457. The molecule has 2 N–H and O–H groups in total. The van der Waals surface area contributed by atoms with Gasteiger partial charge in [-0.15, -0.1) is 0 Å². The van der Waals surface area contributed by atoms with Crippen LogP contribution in [0.4, 0.5) is 5.69 Å². The molecule has 0 spiro atoms. The maximum absolute atomic E-state index is 11.8. The van der Waals surface area contributed by atoms with Crippen molar-refractivity contribution in [2.45, 2.75) is 20.4 Å². The molecule has 0 aliphatic carbocycles. The van der Waals surface area contributed by atoms with Gasteiger partial charge in [-0.05, 0) is 43.7 Å². The molecular formula is C20H21NO5. The molecule has 0 saturated heterocycles. The summed E-state index contributed by atoms with van der Waals surface area (Å²) in [6, 6.07) is 11.8. The largest absolute Gasteiger partial charge is 0.508 e. The highest BCUT2D eigenvalue weighted by atomic mass is 16.5. The van der Waals surface area contributed by atoms with Crippen LogP contribution >= 0.6 is 0 Å². The maximum Gasteiger partial charge on any atom is 0.336 e. The summed E-state index contributed by atoms with van der Waals surface area (Å²) in [6.07, 6.45) is 0. The van der Waals surface area contributed by atoms with E-state index in [0.717, 1.165) is 16.6 Å². The summed E-state index contributed by atoms with van der Waals surface area (Å²) in [6.45, 7) is 5.36. The van der Waals surface area contributed by atoms with Crippen molar-refractivity contribution in [1.29, 1.82) is 0 Å². The van der Waals surface area contributed by atoms with Gasteiger partial charge in [-0.3, -0.25) is 0 Å². The van der Waals surface area contributed by atoms with Crippen LogP contribution in [0.15, 0.2) is 51.7 Å². The molecule has 0 unspecified atom stereocenters. The Bertz CT molecular complexity index is 964. The van der Waals surface area contributed by atoms with Crippen LogP contribution in [0.3, 0.4) is 0 Å². The van der Waals surface area contributed by atoms with Crippen molar-refractivity contribution in [3.05, 3.63) is 58.4 Å². The fraction of sp³-hybridized carbons (Fsp3) is 0.250. The first-order valence-electron chi connectivity index (χ1n) is 8.50. The molecule has 3 rings (SSSR count). The topological polar surface area (TPSA) is 80.9 Å². The average Bonchev–Trinajstić information content (AvgIpc) is 2.61. The maximum atomic E-state index is 11.8. The summed E-state index contributed by atoms with van der Waals surface area (Å²) in [4.78, 5) is 11.8. The van der Waals surface area contributed by atoms with E-state index in [2.05, 4.69) is 5.32 Å². The van der Waals surface area contributed by atoms with Crippen LogP contribution in [-0.2, 0) is 6.54 Å². The van der Waals surface area contributed by atoms with Gasteiger partial charge in [0.05, 0.1) is 13.2 Å². The molecule has 0 aliphatic rings. The molecule has 2 aromatic carbocycles. The van der Waals surface area contributed by atoms with Gasteiger partial charge in [0.15, 0.2) is 11.5 Å². The molecule has 6 nitrogen and oxygen atoms in total. The molecular weight excluding hydrogens is 334 g/mol. The van der Waals surface area contributed by atoms with E-state index < -0.39 is 5.63 Å². The SMILES string of the molecule is CCOc1ccc(NCc2cc(=O)oc3cc(O)ccc23)cc1OCC. The van der Waals surface area contributed by atoms with Crippen LogP contribution in [0, 0.1) is 0 Å². The van der Waals surface area contributed by atoms with Gasteiger partial charge in [0.1, 0.15) is 11.3 Å². The third-order valence-electron chi connectivity index (χ3n) is 3.84. The zero-order valence-electron chi connectivity index (χ0n) is 14.7. The first-order chi connectivity index (χ1) is 12.6. The van der Waals surface area contributed by atoms with Crippen molar-refractivity contribution >= 4 is 16.7 Å². The van der Waals surface area contributed by atoms with Crippen molar-refractivity contribution in [2.24, 2.45) is 0 Å². The lowest BCUT2D eigenvalue weighted by Gasteiger charge is -2.14. The van der Waals surface area contributed by atoms with Crippen LogP contribution in [0.25, 0.3) is 11.0 Å². The summed E-state index contributed by atoms with van der Waals surface area (Å²) in [7, 11) is 0. The molecule has 3 aromatic rings. The van der Waals surface area contributed by atoms with E-state index in [1.807, 2.05) is 32.0 Å². The Kier molecular flexibility index (Phi) is 5.31. The molecule has 0 amide bonds. The zero-order chi connectivity index (χ0) is 18.5. The Balaban J connectivity index is 1.86. The highest BCUT2D eigenvalue weighted by Gasteiger charge is 2.09. The fourth-order valence-corrected chi connectivity index (χ4v) is 2.72. The molecule has 136 valence electrons. The van der Waals surface area contributed by atoms with Gasteiger partial charge in [-0.1, -0.05) is 0 Å². The van der Waals surface area contributed by atoms with Crippen molar-refractivity contribution in [3.63, 3.8) is 0 Å². The highest BCUT2D eigenvalue weighted by Crippen LogP contribution is 2.31. The van der Waals surface area contributed by atoms with Crippen molar-refractivity contribution < 1.29 is 19.0 Å². The van der Waals surface area contributed by atoms with Crippen LogP contribution in [-0.4, -0.2) is 18.3 Å². The molecule has 26 heavy (non-hydrogen) atoms. The van der Waals surface area contributed by atoms with Gasteiger partial charge < -0.3 is 24.3 Å². The van der Waals surface area contributed by atoms with Crippen molar-refractivity contribution in [2.75, 3.05) is 18.5 Å². The number of aromatic hydroxyl groups is 1. The Morgan fingerprint density at radius 2 is 1.77 bits per heavy atom. The fourth-order valence-electron chi connectivity index (χ4n) is 2.72. The summed E-state index contributed by atoms with van der Waals surface area (Å²) in [5.41, 5.74) is 1.53. The summed E-state index contributed by atoms with van der Waals surface area (Å²) < 4.78 is 16.3. The van der Waals surface area contributed by atoms with Crippen LogP contribution in [0.5, 0.6) is 17.2 Å². The number of rotatable bonds is 7. The molecule has 0 saturated carbocycles. The van der Waals surface area contributed by atoms with Gasteiger partial charge in [-0.2, -0.15) is 0 Å². The lowest BCUT2D eigenvalue weighted by atomic mass is 10.1. The van der Waals surface area contributed by atoms with E-state index in [1.54, 1.807) is 12.1 Å². The Labute approximate surface area is 151 Å². The normalized spacial score (nSPS) is 10.7. The van der Waals surface area contributed by atoms with Gasteiger partial charge in [0.25, 0.3) is 0 Å². The minimum absolute atomic E-state index is 0.0543. The number of nitrogens with one attached hydrogen (secondary N) is 1. The third kappa shape index (κ3) is 3.91. The van der Waals surface area contributed by atoms with Crippen LogP contribution in [0.1, 0.15) is 19.4 Å².